The Balaban J connectivity index is 1.32. The molecule has 2 aromatic carbocycles. The van der Waals surface area contributed by atoms with Crippen LogP contribution >= 0.6 is 0 Å². The zero-order chi connectivity index (χ0) is 37.8. The first-order valence-corrected chi connectivity index (χ1v) is 16.2. The Labute approximate surface area is 293 Å². The summed E-state index contributed by atoms with van der Waals surface area (Å²) in [6.07, 6.45) is -23.5. The van der Waals surface area contributed by atoms with Gasteiger partial charge >= 0.3 is 0 Å². The van der Waals surface area contributed by atoms with E-state index < -0.39 is 121 Å². The highest BCUT2D eigenvalue weighted by Gasteiger charge is 2.48. The summed E-state index contributed by atoms with van der Waals surface area (Å²) in [6, 6.07) is 7.38. The summed E-state index contributed by atoms with van der Waals surface area (Å²) < 4.78 is 39.5. The molecule has 3 saturated heterocycles. The largest absolute Gasteiger partial charge is 0.508 e. The minimum absolute atomic E-state index is 0.138. The van der Waals surface area contributed by atoms with Crippen LogP contribution in [-0.4, -0.2) is 155 Å². The first-order chi connectivity index (χ1) is 24.6. The number of rotatable bonds is 8. The third-order valence-electron chi connectivity index (χ3n) is 9.23. The van der Waals surface area contributed by atoms with Crippen LogP contribution in [0.15, 0.2) is 45.6 Å². The molecule has 0 saturated carbocycles. The van der Waals surface area contributed by atoms with E-state index in [1.807, 2.05) is 0 Å². The molecule has 0 radical (unpaired) electrons. The lowest BCUT2D eigenvalue weighted by molar-refractivity contribution is -0.318. The van der Waals surface area contributed by atoms with E-state index in [9.17, 15) is 61.0 Å². The number of aliphatic hydroxyl groups is 9. The number of phenols is 2. The molecule has 286 valence electrons. The summed E-state index contributed by atoms with van der Waals surface area (Å²) >= 11 is 0. The molecule has 3 aliphatic rings. The maximum absolute atomic E-state index is 14.0. The topological polar surface area (TPSA) is 308 Å². The van der Waals surface area contributed by atoms with E-state index in [2.05, 4.69) is 0 Å². The first-order valence-electron chi connectivity index (χ1n) is 16.2. The van der Waals surface area contributed by atoms with Gasteiger partial charge in [0.2, 0.25) is 23.8 Å². The Kier molecular flexibility index (Phi) is 11.0. The van der Waals surface area contributed by atoms with Crippen LogP contribution in [0, 0.1) is 0 Å². The predicted molar refractivity (Wildman–Crippen MR) is 170 cm³/mol. The van der Waals surface area contributed by atoms with Gasteiger partial charge in [0.25, 0.3) is 0 Å². The quantitative estimate of drug-likeness (QED) is 0.110. The fourth-order valence-corrected chi connectivity index (χ4v) is 6.09. The van der Waals surface area contributed by atoms with E-state index in [1.54, 1.807) is 0 Å². The lowest BCUT2D eigenvalue weighted by Crippen LogP contribution is -2.61. The molecule has 15 atom stereocenters. The standard InChI is InChI=1S/C33H40O19/c1-10-19(36)23(40)26(43)31(47-10)46-9-17-21(38)25(42)28(45)33(51-17)52-30-22(39)18-15(35)7-14(49-32-27(44)24(41)20(37)11(2)48-32)8-16(18)50-29(30)12-3-5-13(34)6-4-12/h3-8,10-11,17,19-21,23-28,31-38,40-45H,9H2,1-2H3/t10-,11+,17+,19+,20-,21-,23+,24-,25-,26+,27+,28+,31+,32+,33-/m0/s1. The molecular weight excluding hydrogens is 700 g/mol. The summed E-state index contributed by atoms with van der Waals surface area (Å²) in [4.78, 5) is 14.0. The SMILES string of the molecule is C[C@@H]1O[C@@H](OC[C@H]2O[C@@H](Oc3c(-c4ccc(O)cc4)oc4cc(O[C@H]5O[C@H](C)[C@H](O)[C@H](O)[C@H]5O)cc(O)c4c3=O)[C@H](O)[C@@H](O)[C@H]2O)[C@H](O)[C@H](O)[C@@H]1O. The fraction of sp³-hybridized carbons (Fsp3) is 0.545. The van der Waals surface area contributed by atoms with E-state index in [1.165, 1.54) is 44.2 Å². The summed E-state index contributed by atoms with van der Waals surface area (Å²) in [6.45, 7) is 2.25. The Hall–Kier alpha value is -3.67. The summed E-state index contributed by atoms with van der Waals surface area (Å²) in [5.41, 5.74) is -1.16. The van der Waals surface area contributed by atoms with Gasteiger partial charge in [0.15, 0.2) is 12.1 Å². The minimum atomic E-state index is -1.98. The van der Waals surface area contributed by atoms with E-state index in [0.29, 0.717) is 0 Å². The number of benzene rings is 2. The van der Waals surface area contributed by atoms with Crippen LogP contribution in [-0.2, 0) is 18.9 Å². The Morgan fingerprint density at radius 2 is 1.17 bits per heavy atom. The molecule has 4 heterocycles. The number of phenolic OH excluding ortho intramolecular Hbond substituents is 2. The van der Waals surface area contributed by atoms with Gasteiger partial charge in [0.05, 0.1) is 18.8 Å². The number of ether oxygens (including phenoxy) is 6. The molecule has 0 bridgehead atoms. The average Bonchev–Trinajstić information content (AvgIpc) is 3.11. The van der Waals surface area contributed by atoms with Gasteiger partial charge in [-0.15, -0.1) is 0 Å². The zero-order valence-electron chi connectivity index (χ0n) is 27.5. The van der Waals surface area contributed by atoms with Crippen molar-refractivity contribution >= 4 is 11.0 Å². The highest BCUT2D eigenvalue weighted by molar-refractivity contribution is 5.88. The summed E-state index contributed by atoms with van der Waals surface area (Å²) in [7, 11) is 0. The molecule has 19 nitrogen and oxygen atoms in total. The van der Waals surface area contributed by atoms with Gasteiger partial charge in [-0.2, -0.15) is 0 Å². The van der Waals surface area contributed by atoms with Crippen molar-refractivity contribution in [1.82, 2.24) is 0 Å². The van der Waals surface area contributed by atoms with Gasteiger partial charge in [0, 0.05) is 17.7 Å². The van der Waals surface area contributed by atoms with Crippen molar-refractivity contribution in [2.75, 3.05) is 6.61 Å². The van der Waals surface area contributed by atoms with Crippen molar-refractivity contribution in [3.05, 3.63) is 46.6 Å². The van der Waals surface area contributed by atoms with Crippen molar-refractivity contribution < 1.29 is 89.0 Å². The maximum Gasteiger partial charge on any atom is 0.239 e. The number of aliphatic hydroxyl groups excluding tert-OH is 9. The smallest absolute Gasteiger partial charge is 0.239 e. The molecule has 3 aliphatic heterocycles. The summed E-state index contributed by atoms with van der Waals surface area (Å²) in [5, 5.41) is 114. The predicted octanol–water partition coefficient (Wildman–Crippen LogP) is -2.89. The lowest BCUT2D eigenvalue weighted by atomic mass is 9.98. The second kappa shape index (κ2) is 15.0. The van der Waals surface area contributed by atoms with E-state index in [0.717, 1.165) is 6.07 Å². The van der Waals surface area contributed by atoms with Gasteiger partial charge in [-0.3, -0.25) is 4.79 Å². The lowest BCUT2D eigenvalue weighted by Gasteiger charge is -2.42. The minimum Gasteiger partial charge on any atom is -0.508 e. The molecule has 1 aromatic heterocycles. The van der Waals surface area contributed by atoms with Crippen LogP contribution < -0.4 is 14.9 Å². The van der Waals surface area contributed by atoms with Crippen LogP contribution in [0.25, 0.3) is 22.3 Å². The van der Waals surface area contributed by atoms with E-state index >= 15 is 0 Å². The second-order valence-corrected chi connectivity index (χ2v) is 12.9. The molecule has 3 fully saturated rings. The van der Waals surface area contributed by atoms with Crippen LogP contribution in [0.5, 0.6) is 23.0 Å². The highest BCUT2D eigenvalue weighted by atomic mass is 16.7. The van der Waals surface area contributed by atoms with E-state index in [-0.39, 0.29) is 28.4 Å². The number of aromatic hydroxyl groups is 2. The third kappa shape index (κ3) is 7.16. The highest BCUT2D eigenvalue weighted by Crippen LogP contribution is 2.38. The zero-order valence-corrected chi connectivity index (χ0v) is 27.5. The molecular formula is C33H40O19. The molecule has 11 N–H and O–H groups in total. The van der Waals surface area contributed by atoms with Gasteiger partial charge in [-0.05, 0) is 38.1 Å². The maximum atomic E-state index is 14.0. The first kappa shape index (κ1) is 38.1. The Morgan fingerprint density at radius 1 is 0.635 bits per heavy atom. The molecule has 0 aliphatic carbocycles. The van der Waals surface area contributed by atoms with Crippen molar-refractivity contribution in [2.45, 2.75) is 106 Å². The van der Waals surface area contributed by atoms with Crippen molar-refractivity contribution in [3.8, 4) is 34.3 Å². The monoisotopic (exact) mass is 740 g/mol. The summed E-state index contributed by atoms with van der Waals surface area (Å²) in [5.74, 6) is -2.01. The van der Waals surface area contributed by atoms with Gasteiger partial charge < -0.3 is 89.0 Å². The Morgan fingerprint density at radius 3 is 1.79 bits per heavy atom. The second-order valence-electron chi connectivity index (χ2n) is 12.9. The van der Waals surface area contributed by atoms with Crippen LogP contribution in [0.2, 0.25) is 0 Å². The number of fused-ring (bicyclic) bond motifs is 1. The van der Waals surface area contributed by atoms with Gasteiger partial charge in [-0.25, -0.2) is 0 Å². The molecule has 6 rings (SSSR count). The van der Waals surface area contributed by atoms with Gasteiger partial charge in [-0.1, -0.05) is 0 Å². The van der Waals surface area contributed by atoms with Crippen molar-refractivity contribution in [3.63, 3.8) is 0 Å². The van der Waals surface area contributed by atoms with Crippen molar-refractivity contribution in [2.24, 2.45) is 0 Å². The number of hydrogen-bond acceptors (Lipinski definition) is 19. The van der Waals surface area contributed by atoms with Crippen molar-refractivity contribution in [1.29, 1.82) is 0 Å². The Bertz CT molecular complexity index is 1770. The molecule has 0 spiro atoms. The fourth-order valence-electron chi connectivity index (χ4n) is 6.09. The molecule has 19 heteroatoms. The normalized spacial score (nSPS) is 38.2. The molecule has 52 heavy (non-hydrogen) atoms. The van der Waals surface area contributed by atoms with Crippen LogP contribution in [0.3, 0.4) is 0 Å². The van der Waals surface area contributed by atoms with E-state index in [4.69, 9.17) is 32.8 Å². The molecule has 0 amide bonds. The van der Waals surface area contributed by atoms with Crippen LogP contribution in [0.1, 0.15) is 13.8 Å². The average molecular weight is 741 g/mol. The number of hydrogen-bond donors (Lipinski definition) is 11. The van der Waals surface area contributed by atoms with Gasteiger partial charge in [0.1, 0.15) is 89.3 Å². The third-order valence-corrected chi connectivity index (χ3v) is 9.23. The van der Waals surface area contributed by atoms with Crippen LogP contribution in [0.4, 0.5) is 0 Å². The molecule has 3 aromatic rings. The molecule has 0 unspecified atom stereocenters.